The van der Waals surface area contributed by atoms with Gasteiger partial charge in [-0.25, -0.2) is 0 Å². The topological polar surface area (TPSA) is 63.6 Å². The summed E-state index contributed by atoms with van der Waals surface area (Å²) in [4.78, 5) is 23.9. The van der Waals surface area contributed by atoms with E-state index in [1.807, 2.05) is 13.8 Å². The maximum atomic E-state index is 12.7. The molecule has 0 aliphatic rings. The number of hydrogen-bond donors (Lipinski definition) is 1. The Hall–Kier alpha value is -1.10. The minimum Gasteiger partial charge on any atom is -0.481 e. The van der Waals surface area contributed by atoms with E-state index < -0.39 is 11.4 Å². The predicted octanol–water partition coefficient (Wildman–Crippen LogP) is 4.49. The van der Waals surface area contributed by atoms with Gasteiger partial charge in [-0.3, -0.25) is 9.59 Å². The predicted molar refractivity (Wildman–Crippen MR) is 106 cm³/mol. The molecule has 0 aromatic rings. The van der Waals surface area contributed by atoms with Gasteiger partial charge in [-0.15, -0.1) is 0 Å². The minimum atomic E-state index is -0.737. The van der Waals surface area contributed by atoms with Crippen molar-refractivity contribution >= 4 is 11.9 Å². The molecule has 0 fully saturated rings. The summed E-state index contributed by atoms with van der Waals surface area (Å²) in [5.74, 6) is -1.17. The molecular formula is C21H42NO4+. The minimum absolute atomic E-state index is 0.127. The summed E-state index contributed by atoms with van der Waals surface area (Å²) in [7, 11) is 4.34. The molecule has 5 heteroatoms. The number of quaternary nitrogens is 1. The fraction of sp³-hybridized carbons (Fsp3) is 0.905. The monoisotopic (exact) mass is 372 g/mol. The number of hydrogen-bond acceptors (Lipinski definition) is 3. The highest BCUT2D eigenvalue weighted by atomic mass is 16.5. The van der Waals surface area contributed by atoms with Crippen molar-refractivity contribution in [3.8, 4) is 0 Å². The molecule has 0 aromatic carbocycles. The van der Waals surface area contributed by atoms with Crippen LogP contribution in [0.25, 0.3) is 0 Å². The van der Waals surface area contributed by atoms with Crippen molar-refractivity contribution < 1.29 is 23.9 Å². The fourth-order valence-electron chi connectivity index (χ4n) is 3.38. The average Bonchev–Trinajstić information content (AvgIpc) is 2.56. The summed E-state index contributed by atoms with van der Waals surface area (Å²) < 4.78 is 6.50. The molecule has 0 aliphatic heterocycles. The standard InChI is InChI=1S/C21H41NO4/c1-7-10-15-22(5,6)16-17-26-20(25)21(4,13-8-2)14-11-12-18(9-3)19(23)24/h18H,7-17H2,1-6H3/p+1. The first-order valence-corrected chi connectivity index (χ1v) is 10.3. The number of carboxylic acid groups (broad SMARTS) is 1. The number of unbranched alkanes of at least 4 members (excludes halogenated alkanes) is 1. The van der Waals surface area contributed by atoms with Crippen molar-refractivity contribution in [3.63, 3.8) is 0 Å². The van der Waals surface area contributed by atoms with Gasteiger partial charge in [-0.05, 0) is 39.0 Å². The van der Waals surface area contributed by atoms with Crippen LogP contribution in [0.5, 0.6) is 0 Å². The number of nitrogens with zero attached hydrogens (tertiary/aromatic N) is 1. The molecule has 26 heavy (non-hydrogen) atoms. The molecule has 0 saturated carbocycles. The van der Waals surface area contributed by atoms with Gasteiger partial charge in [0.05, 0.1) is 32.0 Å². The third kappa shape index (κ3) is 9.56. The number of esters is 1. The SMILES string of the molecule is CCCC[N+](C)(C)CCOC(=O)C(C)(CCC)CCCC(CC)C(=O)O. The van der Waals surface area contributed by atoms with Crippen molar-refractivity contribution in [1.29, 1.82) is 0 Å². The van der Waals surface area contributed by atoms with Crippen LogP contribution in [0.3, 0.4) is 0 Å². The van der Waals surface area contributed by atoms with Gasteiger partial charge < -0.3 is 14.3 Å². The summed E-state index contributed by atoms with van der Waals surface area (Å²) in [6, 6.07) is 0. The second-order valence-electron chi connectivity index (χ2n) is 8.52. The molecule has 0 rings (SSSR count). The molecule has 0 saturated heterocycles. The zero-order valence-corrected chi connectivity index (χ0v) is 18.0. The van der Waals surface area contributed by atoms with Gasteiger partial charge in [0.1, 0.15) is 13.2 Å². The molecule has 2 atom stereocenters. The summed E-state index contributed by atoms with van der Waals surface area (Å²) >= 11 is 0. The van der Waals surface area contributed by atoms with Crippen LogP contribution in [0.15, 0.2) is 0 Å². The molecule has 0 aromatic heterocycles. The maximum absolute atomic E-state index is 12.7. The van der Waals surface area contributed by atoms with Crippen LogP contribution in [-0.2, 0) is 14.3 Å². The van der Waals surface area contributed by atoms with E-state index in [0.29, 0.717) is 25.9 Å². The summed E-state index contributed by atoms with van der Waals surface area (Å²) in [5, 5.41) is 9.18. The smallest absolute Gasteiger partial charge is 0.311 e. The molecule has 0 spiro atoms. The first-order chi connectivity index (χ1) is 12.1. The van der Waals surface area contributed by atoms with E-state index in [-0.39, 0.29) is 11.9 Å². The van der Waals surface area contributed by atoms with Gasteiger partial charge in [-0.1, -0.05) is 40.0 Å². The number of ether oxygens (including phenoxy) is 1. The summed E-state index contributed by atoms with van der Waals surface area (Å²) in [5.41, 5.74) is -0.508. The molecule has 0 bridgehead atoms. The van der Waals surface area contributed by atoms with Crippen LogP contribution in [0.1, 0.15) is 79.1 Å². The van der Waals surface area contributed by atoms with Gasteiger partial charge in [-0.2, -0.15) is 0 Å². The lowest BCUT2D eigenvalue weighted by molar-refractivity contribution is -0.890. The highest BCUT2D eigenvalue weighted by Gasteiger charge is 2.34. The molecule has 0 aliphatic carbocycles. The number of carboxylic acids is 1. The number of likely N-dealkylation sites (N-methyl/N-ethyl adjacent to an activating group) is 1. The third-order valence-corrected chi connectivity index (χ3v) is 5.46. The Labute approximate surface area is 160 Å². The molecule has 1 N–H and O–H groups in total. The summed E-state index contributed by atoms with van der Waals surface area (Å²) in [6.07, 6.45) is 6.74. The van der Waals surface area contributed by atoms with Crippen LogP contribution in [0, 0.1) is 11.3 Å². The van der Waals surface area contributed by atoms with Crippen LogP contribution < -0.4 is 0 Å². The third-order valence-electron chi connectivity index (χ3n) is 5.46. The number of aliphatic carboxylic acids is 1. The van der Waals surface area contributed by atoms with Gasteiger partial charge >= 0.3 is 11.9 Å². The Morgan fingerprint density at radius 3 is 2.19 bits per heavy atom. The van der Waals surface area contributed by atoms with E-state index in [2.05, 4.69) is 27.9 Å². The number of carbonyl (C=O) groups excluding carboxylic acids is 1. The molecule has 5 nitrogen and oxygen atoms in total. The second-order valence-corrected chi connectivity index (χ2v) is 8.52. The Bertz CT molecular complexity index is 422. The van der Waals surface area contributed by atoms with Gasteiger partial charge in [0, 0.05) is 0 Å². The number of rotatable bonds is 15. The van der Waals surface area contributed by atoms with Crippen molar-refractivity contribution in [2.45, 2.75) is 79.1 Å². The highest BCUT2D eigenvalue weighted by Crippen LogP contribution is 2.32. The molecule has 154 valence electrons. The number of carbonyl (C=O) groups is 2. The quantitative estimate of drug-likeness (QED) is 0.340. The Balaban J connectivity index is 4.55. The largest absolute Gasteiger partial charge is 0.481 e. The second kappa shape index (κ2) is 12.3. The zero-order valence-electron chi connectivity index (χ0n) is 18.0. The molecule has 2 unspecified atom stereocenters. The lowest BCUT2D eigenvalue weighted by Gasteiger charge is -2.31. The maximum Gasteiger partial charge on any atom is 0.311 e. The molecule has 0 amide bonds. The first kappa shape index (κ1) is 24.9. The highest BCUT2D eigenvalue weighted by molar-refractivity contribution is 5.76. The van der Waals surface area contributed by atoms with Crippen LogP contribution in [-0.4, -0.2) is 55.3 Å². The lowest BCUT2D eigenvalue weighted by Crippen LogP contribution is -2.44. The van der Waals surface area contributed by atoms with Gasteiger partial charge in [0.25, 0.3) is 0 Å². The summed E-state index contributed by atoms with van der Waals surface area (Å²) in [6.45, 7) is 10.5. The molecular weight excluding hydrogens is 330 g/mol. The Kier molecular flexibility index (Phi) is 11.8. The van der Waals surface area contributed by atoms with E-state index in [9.17, 15) is 14.7 Å². The normalized spacial score (nSPS) is 15.3. The lowest BCUT2D eigenvalue weighted by atomic mass is 9.80. The first-order valence-electron chi connectivity index (χ1n) is 10.3. The van der Waals surface area contributed by atoms with E-state index in [4.69, 9.17) is 4.74 Å². The van der Waals surface area contributed by atoms with E-state index in [0.717, 1.165) is 36.8 Å². The Morgan fingerprint density at radius 2 is 1.69 bits per heavy atom. The van der Waals surface area contributed by atoms with E-state index in [1.54, 1.807) is 0 Å². The van der Waals surface area contributed by atoms with E-state index >= 15 is 0 Å². The van der Waals surface area contributed by atoms with Crippen molar-refractivity contribution in [2.75, 3.05) is 33.8 Å². The zero-order chi connectivity index (χ0) is 20.2. The Morgan fingerprint density at radius 1 is 1.04 bits per heavy atom. The molecule has 0 radical (unpaired) electrons. The van der Waals surface area contributed by atoms with Gasteiger partial charge in [0.2, 0.25) is 0 Å². The van der Waals surface area contributed by atoms with Crippen molar-refractivity contribution in [2.24, 2.45) is 11.3 Å². The van der Waals surface area contributed by atoms with E-state index in [1.165, 1.54) is 12.8 Å². The van der Waals surface area contributed by atoms with Crippen LogP contribution in [0.4, 0.5) is 0 Å². The van der Waals surface area contributed by atoms with Gasteiger partial charge in [0.15, 0.2) is 0 Å². The van der Waals surface area contributed by atoms with Crippen LogP contribution in [0.2, 0.25) is 0 Å². The average molecular weight is 373 g/mol. The van der Waals surface area contributed by atoms with Crippen molar-refractivity contribution in [1.82, 2.24) is 0 Å². The van der Waals surface area contributed by atoms with Crippen molar-refractivity contribution in [3.05, 3.63) is 0 Å². The fourth-order valence-corrected chi connectivity index (χ4v) is 3.38. The molecule has 0 heterocycles. The van der Waals surface area contributed by atoms with Crippen LogP contribution >= 0.6 is 0 Å².